The predicted molar refractivity (Wildman–Crippen MR) is 117 cm³/mol. The normalized spacial score (nSPS) is 10.5. The van der Waals surface area contributed by atoms with Gasteiger partial charge in [-0.05, 0) is 45.8 Å². The molecule has 0 unspecified atom stereocenters. The van der Waals surface area contributed by atoms with Crippen LogP contribution in [0, 0.1) is 10.1 Å². The maximum absolute atomic E-state index is 12.4. The zero-order valence-corrected chi connectivity index (χ0v) is 18.1. The first-order valence-corrected chi connectivity index (χ1v) is 9.85. The lowest BCUT2D eigenvalue weighted by Crippen LogP contribution is -2.34. The van der Waals surface area contributed by atoms with Crippen LogP contribution in [-0.4, -0.2) is 25.7 Å². The minimum Gasteiger partial charge on any atom is -0.870 e. The molecule has 3 aromatic rings. The molecule has 0 aliphatic rings. The average Bonchev–Trinajstić information content (AvgIpc) is 3.10. The van der Waals surface area contributed by atoms with E-state index >= 15 is 0 Å². The number of hydrogen-bond acceptors (Lipinski definition) is 6. The molecule has 1 aromatic heterocycles. The van der Waals surface area contributed by atoms with Crippen LogP contribution in [-0.2, 0) is 6.54 Å². The Hall–Kier alpha value is -3.02. The van der Waals surface area contributed by atoms with E-state index in [1.807, 2.05) is 6.20 Å². The molecule has 3 rings (SSSR count). The van der Waals surface area contributed by atoms with Gasteiger partial charge in [-0.1, -0.05) is 29.5 Å². The van der Waals surface area contributed by atoms with E-state index in [1.165, 1.54) is 0 Å². The van der Waals surface area contributed by atoms with Crippen LogP contribution in [0.25, 0.3) is 0 Å². The maximum Gasteiger partial charge on any atom is 0.272 e. The van der Waals surface area contributed by atoms with Gasteiger partial charge in [-0.3, -0.25) is 24.9 Å². The third-order valence-electron chi connectivity index (χ3n) is 3.88. The van der Waals surface area contributed by atoms with Crippen molar-refractivity contribution in [3.05, 3.63) is 79.5 Å². The van der Waals surface area contributed by atoms with Gasteiger partial charge in [0.05, 0.1) is 22.1 Å². The molecule has 30 heavy (non-hydrogen) atoms. The van der Waals surface area contributed by atoms with Crippen LogP contribution in [0.2, 0.25) is 5.02 Å². The summed E-state index contributed by atoms with van der Waals surface area (Å²) in [5.74, 6) is -1.18. The number of nitro groups is 1. The van der Waals surface area contributed by atoms with E-state index in [9.17, 15) is 20.0 Å². The molecule has 0 saturated carbocycles. The second-order valence-electron chi connectivity index (χ2n) is 6.02. The summed E-state index contributed by atoms with van der Waals surface area (Å²) < 4.78 is 2.61. The summed E-state index contributed by atoms with van der Waals surface area (Å²) in [4.78, 5) is 22.6. The molecule has 154 valence electrons. The van der Waals surface area contributed by atoms with E-state index in [-0.39, 0.29) is 21.5 Å². The Labute approximate surface area is 188 Å². The summed E-state index contributed by atoms with van der Waals surface area (Å²) in [5.41, 5.74) is 0.685. The lowest BCUT2D eigenvalue weighted by molar-refractivity contribution is -0.385. The number of benzene rings is 2. The molecule has 0 spiro atoms. The molecule has 0 atom stereocenters. The average molecular weight is 510 g/mol. The number of thiocarbonyl (C=S) groups is 1. The van der Waals surface area contributed by atoms with Gasteiger partial charge in [0.25, 0.3) is 11.6 Å². The molecule has 0 aliphatic heterocycles. The van der Waals surface area contributed by atoms with Gasteiger partial charge in [0.15, 0.2) is 5.11 Å². The Morgan fingerprint density at radius 2 is 2.00 bits per heavy atom. The molecular formula is C18H12BrClN5O4S-. The lowest BCUT2D eigenvalue weighted by atomic mass is 10.1. The van der Waals surface area contributed by atoms with Gasteiger partial charge in [-0.15, -0.1) is 0 Å². The summed E-state index contributed by atoms with van der Waals surface area (Å²) in [6.45, 7) is 0.535. The molecule has 0 bridgehead atoms. The first kappa shape index (κ1) is 21.7. The monoisotopic (exact) mass is 508 g/mol. The van der Waals surface area contributed by atoms with E-state index in [4.69, 9.17) is 23.8 Å². The summed E-state index contributed by atoms with van der Waals surface area (Å²) in [5, 5.41) is 31.5. The van der Waals surface area contributed by atoms with E-state index in [0.717, 1.165) is 22.2 Å². The summed E-state index contributed by atoms with van der Waals surface area (Å²) in [7, 11) is 0. The number of nitrogens with one attached hydrogen (secondary N) is 2. The minimum atomic E-state index is -0.693. The molecular weight excluding hydrogens is 498 g/mol. The SMILES string of the molecule is O=C(NC(=S)Nc1cc([N+](=O)[O-])cc(Cl)c1[O-])c1ccc(Cn2cc(Br)cn2)cc1. The number of non-ortho nitro benzene ring substituents is 1. The number of rotatable bonds is 5. The number of anilines is 1. The van der Waals surface area contributed by atoms with Crippen LogP contribution in [0.1, 0.15) is 15.9 Å². The van der Waals surface area contributed by atoms with Crippen molar-refractivity contribution in [2.24, 2.45) is 0 Å². The van der Waals surface area contributed by atoms with Gasteiger partial charge in [0, 0.05) is 34.6 Å². The second-order valence-corrected chi connectivity index (χ2v) is 7.75. The summed E-state index contributed by atoms with van der Waals surface area (Å²) in [6.07, 6.45) is 3.51. The summed E-state index contributed by atoms with van der Waals surface area (Å²) in [6, 6.07) is 8.73. The number of nitrogens with zero attached hydrogens (tertiary/aromatic N) is 3. The van der Waals surface area contributed by atoms with Crippen LogP contribution in [0.15, 0.2) is 53.3 Å². The van der Waals surface area contributed by atoms with Gasteiger partial charge in [0.2, 0.25) is 0 Å². The van der Waals surface area contributed by atoms with Crippen molar-refractivity contribution in [1.29, 1.82) is 0 Å². The molecule has 0 aliphatic carbocycles. The Bertz CT molecular complexity index is 1140. The van der Waals surface area contributed by atoms with E-state index in [2.05, 4.69) is 31.7 Å². The third kappa shape index (κ3) is 5.32. The molecule has 0 fully saturated rings. The Kier molecular flexibility index (Phi) is 6.65. The van der Waals surface area contributed by atoms with E-state index < -0.39 is 16.6 Å². The number of nitro benzene ring substituents is 1. The molecule has 1 amide bonds. The topological polar surface area (TPSA) is 125 Å². The highest BCUT2D eigenvalue weighted by Gasteiger charge is 2.13. The van der Waals surface area contributed by atoms with Crippen molar-refractivity contribution in [2.45, 2.75) is 6.54 Å². The van der Waals surface area contributed by atoms with Gasteiger partial charge >= 0.3 is 0 Å². The minimum absolute atomic E-state index is 0.195. The fourth-order valence-corrected chi connectivity index (χ4v) is 3.22. The first-order valence-electron chi connectivity index (χ1n) is 8.27. The Morgan fingerprint density at radius 3 is 2.60 bits per heavy atom. The van der Waals surface area contributed by atoms with Crippen molar-refractivity contribution >= 4 is 62.1 Å². The number of amides is 1. The molecule has 12 heteroatoms. The van der Waals surface area contributed by atoms with Crippen molar-refractivity contribution in [3.8, 4) is 5.75 Å². The van der Waals surface area contributed by atoms with Gasteiger partial charge in [-0.2, -0.15) is 5.10 Å². The van der Waals surface area contributed by atoms with Crippen LogP contribution >= 0.6 is 39.7 Å². The Morgan fingerprint density at radius 1 is 1.30 bits per heavy atom. The highest BCUT2D eigenvalue weighted by Crippen LogP contribution is 2.33. The van der Waals surface area contributed by atoms with Crippen molar-refractivity contribution in [3.63, 3.8) is 0 Å². The quantitative estimate of drug-likeness (QED) is 0.306. The summed E-state index contributed by atoms with van der Waals surface area (Å²) >= 11 is 14.1. The third-order valence-corrected chi connectivity index (χ3v) is 4.77. The van der Waals surface area contributed by atoms with Gasteiger partial charge in [-0.25, -0.2) is 0 Å². The molecule has 2 N–H and O–H groups in total. The number of aromatic nitrogens is 2. The second kappa shape index (κ2) is 9.20. The zero-order valence-electron chi connectivity index (χ0n) is 15.0. The Balaban J connectivity index is 1.64. The van der Waals surface area contributed by atoms with Crippen molar-refractivity contribution < 1.29 is 14.8 Å². The highest BCUT2D eigenvalue weighted by molar-refractivity contribution is 9.10. The first-order chi connectivity index (χ1) is 14.2. The van der Waals surface area contributed by atoms with Crippen LogP contribution in [0.5, 0.6) is 5.75 Å². The number of carbonyl (C=O) groups is 1. The lowest BCUT2D eigenvalue weighted by Gasteiger charge is -2.17. The van der Waals surface area contributed by atoms with Crippen LogP contribution in [0.3, 0.4) is 0 Å². The smallest absolute Gasteiger partial charge is 0.272 e. The molecule has 0 radical (unpaired) electrons. The number of hydrogen-bond donors (Lipinski definition) is 2. The molecule has 1 heterocycles. The molecule has 9 nitrogen and oxygen atoms in total. The fraction of sp³-hybridized carbons (Fsp3) is 0.0556. The van der Waals surface area contributed by atoms with Gasteiger partial charge < -0.3 is 10.4 Å². The van der Waals surface area contributed by atoms with Crippen LogP contribution in [0.4, 0.5) is 11.4 Å². The predicted octanol–water partition coefficient (Wildman–Crippen LogP) is 3.46. The fourth-order valence-electron chi connectivity index (χ4n) is 2.48. The van der Waals surface area contributed by atoms with Crippen molar-refractivity contribution in [2.75, 3.05) is 5.32 Å². The highest BCUT2D eigenvalue weighted by atomic mass is 79.9. The number of halogens is 2. The van der Waals surface area contributed by atoms with Crippen molar-refractivity contribution in [1.82, 2.24) is 15.1 Å². The van der Waals surface area contributed by atoms with E-state index in [1.54, 1.807) is 35.1 Å². The zero-order chi connectivity index (χ0) is 21.8. The van der Waals surface area contributed by atoms with E-state index in [0.29, 0.717) is 12.1 Å². The standard InChI is InChI=1S/C18H13BrClN5O4S/c19-12-7-21-24(9-12)8-10-1-3-11(4-2-10)17(27)23-18(30)22-15-6-13(25(28)29)5-14(20)16(15)26/h1-7,9,26H,8H2,(H2,22,23,27,30)/p-1. The molecule has 2 aromatic carbocycles. The largest absolute Gasteiger partial charge is 0.870 e. The van der Waals surface area contributed by atoms with Crippen LogP contribution < -0.4 is 15.7 Å². The maximum atomic E-state index is 12.4. The number of carbonyl (C=O) groups excluding carboxylic acids is 1. The van der Waals surface area contributed by atoms with Gasteiger partial charge in [0.1, 0.15) is 0 Å². The molecule has 0 saturated heterocycles.